The highest BCUT2D eigenvalue weighted by atomic mass is 19.1. The summed E-state index contributed by atoms with van der Waals surface area (Å²) in [4.78, 5) is 0. The van der Waals surface area contributed by atoms with E-state index >= 15 is 0 Å². The summed E-state index contributed by atoms with van der Waals surface area (Å²) >= 11 is 0. The van der Waals surface area contributed by atoms with Crippen molar-refractivity contribution < 1.29 is 9.13 Å². The summed E-state index contributed by atoms with van der Waals surface area (Å²) in [5.74, 6) is -0.191. The molecule has 2 aromatic rings. The zero-order valence-corrected chi connectivity index (χ0v) is 7.93. The number of hydrogen-bond acceptors (Lipinski definition) is 3. The number of ether oxygens (including phenoxy) is 1. The number of hydrogen-bond donors (Lipinski definition) is 1. The van der Waals surface area contributed by atoms with Crippen LogP contribution >= 0.6 is 0 Å². The summed E-state index contributed by atoms with van der Waals surface area (Å²) < 4.78 is 19.8. The molecule has 0 unspecified atom stereocenters. The smallest absolute Gasteiger partial charge is 0.181 e. The Balaban J connectivity index is 2.02. The van der Waals surface area contributed by atoms with E-state index in [-0.39, 0.29) is 12.5 Å². The monoisotopic (exact) mass is 207 g/mol. The number of nitrogen functional groups attached to an aromatic ring is 1. The molecular formula is C10H10FN3O. The lowest BCUT2D eigenvalue weighted by Crippen LogP contribution is -2.06. The number of rotatable bonds is 3. The van der Waals surface area contributed by atoms with E-state index in [2.05, 4.69) is 5.10 Å². The SMILES string of the molecule is Nc1cnn(COc2ccccc2F)c1. The van der Waals surface area contributed by atoms with E-state index in [1.54, 1.807) is 24.4 Å². The molecule has 0 atom stereocenters. The van der Waals surface area contributed by atoms with Gasteiger partial charge in [0, 0.05) is 0 Å². The Labute approximate surface area is 86.1 Å². The minimum atomic E-state index is -0.391. The molecule has 1 aromatic heterocycles. The lowest BCUT2D eigenvalue weighted by molar-refractivity contribution is 0.211. The van der Waals surface area contributed by atoms with Crippen LogP contribution in [0.4, 0.5) is 10.1 Å². The van der Waals surface area contributed by atoms with Gasteiger partial charge < -0.3 is 10.5 Å². The molecule has 0 aliphatic carbocycles. The maximum atomic E-state index is 13.1. The Morgan fingerprint density at radius 2 is 2.20 bits per heavy atom. The summed E-state index contributed by atoms with van der Waals surface area (Å²) in [6.07, 6.45) is 3.12. The summed E-state index contributed by atoms with van der Waals surface area (Å²) in [6, 6.07) is 6.21. The minimum absolute atomic E-state index is 0.137. The van der Waals surface area contributed by atoms with Crippen molar-refractivity contribution in [3.05, 3.63) is 42.5 Å². The first-order valence-electron chi connectivity index (χ1n) is 4.41. The predicted molar refractivity (Wildman–Crippen MR) is 53.7 cm³/mol. The fourth-order valence-electron chi connectivity index (χ4n) is 1.15. The van der Waals surface area contributed by atoms with Gasteiger partial charge in [-0.2, -0.15) is 5.10 Å². The normalized spacial score (nSPS) is 10.2. The molecule has 1 heterocycles. The minimum Gasteiger partial charge on any atom is -0.468 e. The number of para-hydroxylation sites is 1. The second-order valence-electron chi connectivity index (χ2n) is 3.02. The zero-order chi connectivity index (χ0) is 10.7. The van der Waals surface area contributed by atoms with Crippen LogP contribution in [0.1, 0.15) is 0 Å². The molecule has 0 saturated heterocycles. The number of anilines is 1. The van der Waals surface area contributed by atoms with Crippen LogP contribution in [-0.4, -0.2) is 9.78 Å². The highest BCUT2D eigenvalue weighted by Crippen LogP contribution is 2.15. The van der Waals surface area contributed by atoms with Crippen LogP contribution in [0.2, 0.25) is 0 Å². The van der Waals surface area contributed by atoms with Crippen LogP contribution in [0.5, 0.6) is 5.75 Å². The molecule has 15 heavy (non-hydrogen) atoms. The molecule has 78 valence electrons. The summed E-state index contributed by atoms with van der Waals surface area (Å²) in [7, 11) is 0. The Kier molecular flexibility index (Phi) is 2.53. The number of benzene rings is 1. The van der Waals surface area contributed by atoms with Gasteiger partial charge in [-0.15, -0.1) is 0 Å². The van der Waals surface area contributed by atoms with Gasteiger partial charge in [-0.05, 0) is 12.1 Å². The Bertz CT molecular complexity index is 455. The van der Waals surface area contributed by atoms with E-state index in [0.717, 1.165) is 0 Å². The number of aromatic nitrogens is 2. The molecule has 1 aromatic carbocycles. The second-order valence-corrected chi connectivity index (χ2v) is 3.02. The molecule has 4 nitrogen and oxygen atoms in total. The summed E-state index contributed by atoms with van der Waals surface area (Å²) in [5, 5.41) is 3.90. The maximum absolute atomic E-state index is 13.1. The average Bonchev–Trinajstić information content (AvgIpc) is 2.63. The number of halogens is 1. The van der Waals surface area contributed by atoms with E-state index in [4.69, 9.17) is 10.5 Å². The van der Waals surface area contributed by atoms with Crippen molar-refractivity contribution in [1.29, 1.82) is 0 Å². The van der Waals surface area contributed by atoms with Crippen molar-refractivity contribution in [2.24, 2.45) is 0 Å². The van der Waals surface area contributed by atoms with Crippen molar-refractivity contribution in [1.82, 2.24) is 9.78 Å². The van der Waals surface area contributed by atoms with Crippen LogP contribution in [0, 0.1) is 5.82 Å². The molecule has 0 aliphatic heterocycles. The maximum Gasteiger partial charge on any atom is 0.181 e. The largest absolute Gasteiger partial charge is 0.468 e. The molecule has 5 heteroatoms. The van der Waals surface area contributed by atoms with E-state index in [1.807, 2.05) is 0 Å². The van der Waals surface area contributed by atoms with Crippen LogP contribution in [0.15, 0.2) is 36.7 Å². The van der Waals surface area contributed by atoms with E-state index in [9.17, 15) is 4.39 Å². The van der Waals surface area contributed by atoms with E-state index in [0.29, 0.717) is 5.69 Å². The van der Waals surface area contributed by atoms with Gasteiger partial charge in [0.15, 0.2) is 18.3 Å². The molecule has 2 rings (SSSR count). The first kappa shape index (κ1) is 9.51. The van der Waals surface area contributed by atoms with Crippen molar-refractivity contribution in [2.75, 3.05) is 5.73 Å². The molecule has 0 radical (unpaired) electrons. The highest BCUT2D eigenvalue weighted by Gasteiger charge is 2.01. The molecular weight excluding hydrogens is 197 g/mol. The van der Waals surface area contributed by atoms with E-state index < -0.39 is 5.82 Å². The van der Waals surface area contributed by atoms with Gasteiger partial charge >= 0.3 is 0 Å². The van der Waals surface area contributed by atoms with Gasteiger partial charge in [0.05, 0.1) is 18.1 Å². The molecule has 0 saturated carbocycles. The van der Waals surface area contributed by atoms with Gasteiger partial charge in [0.1, 0.15) is 0 Å². The summed E-state index contributed by atoms with van der Waals surface area (Å²) in [6.45, 7) is 0.137. The molecule has 0 amide bonds. The molecule has 0 aliphatic rings. The van der Waals surface area contributed by atoms with Gasteiger partial charge in [0.2, 0.25) is 0 Å². The Hall–Kier alpha value is -2.04. The van der Waals surface area contributed by atoms with Gasteiger partial charge in [-0.3, -0.25) is 0 Å². The summed E-state index contributed by atoms with van der Waals surface area (Å²) in [5.41, 5.74) is 6.01. The third kappa shape index (κ3) is 2.25. The molecule has 0 fully saturated rings. The average molecular weight is 207 g/mol. The lowest BCUT2D eigenvalue weighted by Gasteiger charge is -2.06. The van der Waals surface area contributed by atoms with Crippen LogP contribution in [0.25, 0.3) is 0 Å². The van der Waals surface area contributed by atoms with Crippen molar-refractivity contribution in [3.8, 4) is 5.75 Å². The fraction of sp³-hybridized carbons (Fsp3) is 0.100. The van der Waals surface area contributed by atoms with Crippen LogP contribution in [0.3, 0.4) is 0 Å². The topological polar surface area (TPSA) is 53.1 Å². The lowest BCUT2D eigenvalue weighted by atomic mass is 10.3. The fourth-order valence-corrected chi connectivity index (χ4v) is 1.15. The van der Waals surface area contributed by atoms with Crippen molar-refractivity contribution in [3.63, 3.8) is 0 Å². The second kappa shape index (κ2) is 4.00. The molecule has 0 spiro atoms. The third-order valence-corrected chi connectivity index (χ3v) is 1.84. The first-order chi connectivity index (χ1) is 7.25. The Morgan fingerprint density at radius 3 is 2.87 bits per heavy atom. The first-order valence-corrected chi connectivity index (χ1v) is 4.41. The number of nitrogens with zero attached hydrogens (tertiary/aromatic N) is 2. The molecule has 0 bridgehead atoms. The predicted octanol–water partition coefficient (Wildman–Crippen LogP) is 1.64. The van der Waals surface area contributed by atoms with Gasteiger partial charge in [-0.25, -0.2) is 9.07 Å². The van der Waals surface area contributed by atoms with Gasteiger partial charge in [0.25, 0.3) is 0 Å². The Morgan fingerprint density at radius 1 is 1.40 bits per heavy atom. The molecule has 2 N–H and O–H groups in total. The van der Waals surface area contributed by atoms with Gasteiger partial charge in [-0.1, -0.05) is 12.1 Å². The third-order valence-electron chi connectivity index (χ3n) is 1.84. The van der Waals surface area contributed by atoms with Crippen molar-refractivity contribution >= 4 is 5.69 Å². The van der Waals surface area contributed by atoms with Crippen LogP contribution < -0.4 is 10.5 Å². The standard InChI is InChI=1S/C10H10FN3O/c11-9-3-1-2-4-10(9)15-7-14-6-8(12)5-13-14/h1-6H,7,12H2. The number of nitrogens with two attached hydrogens (primary N) is 1. The zero-order valence-electron chi connectivity index (χ0n) is 7.93. The highest BCUT2D eigenvalue weighted by molar-refractivity contribution is 5.30. The van der Waals surface area contributed by atoms with Crippen molar-refractivity contribution in [2.45, 2.75) is 6.73 Å². The van der Waals surface area contributed by atoms with Crippen LogP contribution in [-0.2, 0) is 6.73 Å². The quantitative estimate of drug-likeness (QED) is 0.832. The van der Waals surface area contributed by atoms with E-state index in [1.165, 1.54) is 16.9 Å².